The van der Waals surface area contributed by atoms with Gasteiger partial charge in [0.2, 0.25) is 5.95 Å². The van der Waals surface area contributed by atoms with Crippen LogP contribution in [-0.4, -0.2) is 19.1 Å². The van der Waals surface area contributed by atoms with E-state index in [1.165, 1.54) is 64.4 Å². The van der Waals surface area contributed by atoms with E-state index in [0.29, 0.717) is 5.95 Å². The number of hydrogen-bond donors (Lipinski definition) is 0. The van der Waals surface area contributed by atoms with Crippen LogP contribution >= 0.6 is 11.3 Å². The minimum absolute atomic E-state index is 0.644. The van der Waals surface area contributed by atoms with Crippen molar-refractivity contribution >= 4 is 86.7 Å². The highest BCUT2D eigenvalue weighted by Gasteiger charge is 2.23. The highest BCUT2D eigenvalue weighted by molar-refractivity contribution is 7.23. The maximum Gasteiger partial charge on any atom is 0.235 e. The van der Waals surface area contributed by atoms with E-state index in [2.05, 4.69) is 240 Å². The molecule has 0 aliphatic rings. The number of fused-ring (bicyclic) bond motifs is 11. The third-order valence-corrected chi connectivity index (χ3v) is 14.7. The van der Waals surface area contributed by atoms with Crippen LogP contribution < -0.4 is 0 Å². The van der Waals surface area contributed by atoms with E-state index in [1.807, 2.05) is 11.3 Å². The summed E-state index contributed by atoms with van der Waals surface area (Å²) in [6, 6.07) is 83.2. The molecule has 67 heavy (non-hydrogen) atoms. The topological polar surface area (TPSA) is 35.6 Å². The zero-order valence-corrected chi connectivity index (χ0v) is 37.0. The Kier molecular flexibility index (Phi) is 8.42. The Morgan fingerprint density at radius 3 is 1.82 bits per heavy atom. The minimum atomic E-state index is 0.644. The Morgan fingerprint density at radius 2 is 1.00 bits per heavy atom. The number of benzene rings is 10. The summed E-state index contributed by atoms with van der Waals surface area (Å²) in [5, 5.41) is 9.37. The first-order valence-corrected chi connectivity index (χ1v) is 23.5. The van der Waals surface area contributed by atoms with Crippen molar-refractivity contribution in [2.75, 3.05) is 0 Å². The van der Waals surface area contributed by atoms with Crippen molar-refractivity contribution in [3.05, 3.63) is 231 Å². The molecule has 0 fully saturated rings. The van der Waals surface area contributed by atoms with Crippen LogP contribution in [0.5, 0.6) is 0 Å². The van der Waals surface area contributed by atoms with Crippen molar-refractivity contribution in [1.82, 2.24) is 19.1 Å². The average molecular weight is 871 g/mol. The second-order valence-corrected chi connectivity index (χ2v) is 18.4. The van der Waals surface area contributed by atoms with Gasteiger partial charge in [-0.2, -0.15) is 0 Å². The average Bonchev–Trinajstić information content (AvgIpc) is 4.10. The summed E-state index contributed by atoms with van der Waals surface area (Å²) in [4.78, 5) is 12.5. The lowest BCUT2D eigenvalue weighted by atomic mass is 9.97. The lowest BCUT2D eigenvalue weighted by Crippen LogP contribution is -2.04. The van der Waals surface area contributed by atoms with Crippen molar-refractivity contribution in [2.24, 2.45) is 0 Å². The SMILES string of the molecule is c1ccc(-c2ccc(-c3nc(-n4c5ccc(-c6cccc7c6c6ccccc6n7-c6ccccc6)cc5c5ccc6ccccc6c54)nc4ccc5cc(-c6ccccc6)sc5c34)cc2)cc1. The molecular formula is C62H38N4S. The van der Waals surface area contributed by atoms with Crippen LogP contribution in [0, 0.1) is 0 Å². The molecule has 4 heterocycles. The summed E-state index contributed by atoms with van der Waals surface area (Å²) in [6.45, 7) is 0. The molecular weight excluding hydrogens is 833 g/mol. The van der Waals surface area contributed by atoms with Gasteiger partial charge in [0.15, 0.2) is 0 Å². The van der Waals surface area contributed by atoms with Crippen LogP contribution in [0.15, 0.2) is 231 Å². The van der Waals surface area contributed by atoms with Crippen LogP contribution in [0.2, 0.25) is 0 Å². The van der Waals surface area contributed by atoms with Crippen LogP contribution in [0.25, 0.3) is 131 Å². The van der Waals surface area contributed by atoms with Gasteiger partial charge >= 0.3 is 0 Å². The quantitative estimate of drug-likeness (QED) is 0.167. The summed E-state index contributed by atoms with van der Waals surface area (Å²) < 4.78 is 5.89. The van der Waals surface area contributed by atoms with Crippen molar-refractivity contribution in [2.45, 2.75) is 0 Å². The standard InChI is InChI=1S/C62H38N4S/c1-4-15-39(16-5-1)40-27-29-43(30-28-40)59-58-52(35-32-45-38-56(67-61(45)58)42-18-6-2-7-19-42)63-62(64-59)66-54-36-33-44(37-51(54)49-34-31-41-17-10-11-22-48(41)60(49)66)47-24-14-26-55-57(47)50-23-12-13-25-53(50)65(55)46-20-8-3-9-21-46/h1-38H. The Hall–Kier alpha value is -8.64. The first kappa shape index (κ1) is 37.7. The first-order valence-electron chi connectivity index (χ1n) is 22.7. The van der Waals surface area contributed by atoms with E-state index in [-0.39, 0.29) is 0 Å². The monoisotopic (exact) mass is 870 g/mol. The number of thiophene rings is 1. The lowest BCUT2D eigenvalue weighted by molar-refractivity contribution is 1.02. The summed E-state index contributed by atoms with van der Waals surface area (Å²) >= 11 is 1.81. The molecule has 10 aromatic carbocycles. The molecule has 0 bridgehead atoms. The zero-order chi connectivity index (χ0) is 44.0. The van der Waals surface area contributed by atoms with Crippen molar-refractivity contribution < 1.29 is 0 Å². The van der Waals surface area contributed by atoms with Gasteiger partial charge in [-0.05, 0) is 87.1 Å². The normalized spacial score (nSPS) is 11.9. The molecule has 312 valence electrons. The fourth-order valence-electron chi connectivity index (χ4n) is 10.5. The third kappa shape index (κ3) is 5.92. The van der Waals surface area contributed by atoms with E-state index in [9.17, 15) is 0 Å². The molecule has 5 heteroatoms. The van der Waals surface area contributed by atoms with Gasteiger partial charge in [-0.3, -0.25) is 4.57 Å². The first-order chi connectivity index (χ1) is 33.2. The molecule has 0 aliphatic heterocycles. The van der Waals surface area contributed by atoms with Gasteiger partial charge < -0.3 is 4.57 Å². The summed E-state index contributed by atoms with van der Waals surface area (Å²) in [5.41, 5.74) is 14.5. The predicted octanol–water partition coefficient (Wildman–Crippen LogP) is 16.9. The molecule has 0 N–H and O–H groups in total. The summed E-state index contributed by atoms with van der Waals surface area (Å²) in [6.07, 6.45) is 0. The molecule has 0 saturated carbocycles. The molecule has 4 nitrogen and oxygen atoms in total. The zero-order valence-electron chi connectivity index (χ0n) is 36.1. The third-order valence-electron chi connectivity index (χ3n) is 13.5. The molecule has 0 aliphatic carbocycles. The van der Waals surface area contributed by atoms with Gasteiger partial charge in [-0.1, -0.05) is 182 Å². The molecule has 0 unspecified atom stereocenters. The smallest absolute Gasteiger partial charge is 0.235 e. The number of rotatable bonds is 6. The summed E-state index contributed by atoms with van der Waals surface area (Å²) in [7, 11) is 0. The lowest BCUT2D eigenvalue weighted by Gasteiger charge is -2.14. The van der Waals surface area contributed by atoms with E-state index >= 15 is 0 Å². The molecule has 14 aromatic rings. The fourth-order valence-corrected chi connectivity index (χ4v) is 11.7. The van der Waals surface area contributed by atoms with E-state index in [1.54, 1.807) is 0 Å². The molecule has 14 rings (SSSR count). The molecule has 4 aromatic heterocycles. The summed E-state index contributed by atoms with van der Waals surface area (Å²) in [5.74, 6) is 0.644. The van der Waals surface area contributed by atoms with Gasteiger partial charge in [-0.15, -0.1) is 11.3 Å². The highest BCUT2D eigenvalue weighted by Crippen LogP contribution is 2.45. The van der Waals surface area contributed by atoms with Gasteiger partial charge in [0, 0.05) is 53.1 Å². The highest BCUT2D eigenvalue weighted by atomic mass is 32.1. The number of aromatic nitrogens is 4. The molecule has 0 radical (unpaired) electrons. The van der Waals surface area contributed by atoms with Gasteiger partial charge in [0.05, 0.1) is 33.3 Å². The Balaban J connectivity index is 1.03. The maximum atomic E-state index is 5.70. The van der Waals surface area contributed by atoms with Crippen LogP contribution in [-0.2, 0) is 0 Å². The fraction of sp³-hybridized carbons (Fsp3) is 0. The molecule has 0 atom stereocenters. The minimum Gasteiger partial charge on any atom is -0.309 e. The van der Waals surface area contributed by atoms with Gasteiger partial charge in [0.25, 0.3) is 0 Å². The Morgan fingerprint density at radius 1 is 0.358 bits per heavy atom. The second-order valence-electron chi connectivity index (χ2n) is 17.3. The van der Waals surface area contributed by atoms with E-state index in [0.717, 1.165) is 60.6 Å². The van der Waals surface area contributed by atoms with Gasteiger partial charge in [-0.25, -0.2) is 9.97 Å². The molecule has 0 amide bonds. The van der Waals surface area contributed by atoms with Crippen LogP contribution in [0.1, 0.15) is 0 Å². The Labute approximate surface area is 389 Å². The number of hydrogen-bond acceptors (Lipinski definition) is 3. The maximum absolute atomic E-state index is 5.70. The van der Waals surface area contributed by atoms with Crippen molar-refractivity contribution in [1.29, 1.82) is 0 Å². The largest absolute Gasteiger partial charge is 0.309 e. The van der Waals surface area contributed by atoms with Crippen LogP contribution in [0.4, 0.5) is 0 Å². The predicted molar refractivity (Wildman–Crippen MR) is 283 cm³/mol. The molecule has 0 spiro atoms. The van der Waals surface area contributed by atoms with Crippen molar-refractivity contribution in [3.63, 3.8) is 0 Å². The van der Waals surface area contributed by atoms with Gasteiger partial charge in [0.1, 0.15) is 0 Å². The number of nitrogens with zero attached hydrogens (tertiary/aromatic N) is 4. The van der Waals surface area contributed by atoms with E-state index in [4.69, 9.17) is 9.97 Å². The van der Waals surface area contributed by atoms with Crippen molar-refractivity contribution in [3.8, 4) is 55.6 Å². The van der Waals surface area contributed by atoms with Crippen LogP contribution in [0.3, 0.4) is 0 Å². The Bertz CT molecular complexity index is 4240. The molecule has 0 saturated heterocycles. The second kappa shape index (κ2) is 15.0. The van der Waals surface area contributed by atoms with E-state index < -0.39 is 0 Å². The number of para-hydroxylation sites is 2.